The minimum Gasteiger partial charge on any atom is -0.392 e. The number of rotatable bonds is 5. The summed E-state index contributed by atoms with van der Waals surface area (Å²) >= 11 is 0. The van der Waals surface area contributed by atoms with Crippen LogP contribution in [-0.2, 0) is 6.54 Å². The van der Waals surface area contributed by atoms with Crippen molar-refractivity contribution in [3.05, 3.63) is 30.1 Å². The lowest BCUT2D eigenvalue weighted by Gasteiger charge is -2.19. The number of nitrogens with zero attached hydrogens (tertiary/aromatic N) is 2. The standard InChI is InChI=1S/C11H18N2O/c1-3-11(14)9-13(2)8-10-4-6-12-7-5-10/h4-7,11,14H,3,8-9H2,1-2H3. The van der Waals surface area contributed by atoms with Crippen LogP contribution in [0, 0.1) is 0 Å². The molecular formula is C11H18N2O. The van der Waals surface area contributed by atoms with Crippen LogP contribution in [-0.4, -0.2) is 34.7 Å². The normalized spacial score (nSPS) is 13.1. The summed E-state index contributed by atoms with van der Waals surface area (Å²) in [6, 6.07) is 3.99. The number of likely N-dealkylation sites (N-methyl/N-ethyl adjacent to an activating group) is 1. The zero-order valence-corrected chi connectivity index (χ0v) is 8.85. The van der Waals surface area contributed by atoms with E-state index in [1.807, 2.05) is 26.1 Å². The Morgan fingerprint density at radius 2 is 2.07 bits per heavy atom. The number of aromatic nitrogens is 1. The van der Waals surface area contributed by atoms with Crippen molar-refractivity contribution in [2.24, 2.45) is 0 Å². The molecule has 0 aliphatic carbocycles. The molecule has 78 valence electrons. The molecule has 0 radical (unpaired) electrons. The molecule has 3 nitrogen and oxygen atoms in total. The Balaban J connectivity index is 2.37. The summed E-state index contributed by atoms with van der Waals surface area (Å²) in [5, 5.41) is 9.45. The molecule has 1 aromatic heterocycles. The molecule has 1 heterocycles. The lowest BCUT2D eigenvalue weighted by molar-refractivity contribution is 0.119. The van der Waals surface area contributed by atoms with Crippen molar-refractivity contribution in [3.8, 4) is 0 Å². The second kappa shape index (κ2) is 5.73. The van der Waals surface area contributed by atoms with Gasteiger partial charge < -0.3 is 5.11 Å². The predicted molar refractivity (Wildman–Crippen MR) is 56.9 cm³/mol. The summed E-state index contributed by atoms with van der Waals surface area (Å²) in [5.41, 5.74) is 1.23. The van der Waals surface area contributed by atoms with Crippen molar-refractivity contribution >= 4 is 0 Å². The van der Waals surface area contributed by atoms with Gasteiger partial charge in [0.2, 0.25) is 0 Å². The highest BCUT2D eigenvalue weighted by Gasteiger charge is 2.05. The van der Waals surface area contributed by atoms with Crippen LogP contribution in [0.1, 0.15) is 18.9 Å². The second-order valence-electron chi connectivity index (χ2n) is 3.61. The van der Waals surface area contributed by atoms with Crippen LogP contribution in [0.4, 0.5) is 0 Å². The molecule has 1 aromatic rings. The van der Waals surface area contributed by atoms with Crippen LogP contribution in [0.2, 0.25) is 0 Å². The van der Waals surface area contributed by atoms with E-state index in [4.69, 9.17) is 0 Å². The minimum atomic E-state index is -0.221. The predicted octanol–water partition coefficient (Wildman–Crippen LogP) is 1.28. The summed E-state index contributed by atoms with van der Waals surface area (Å²) in [4.78, 5) is 6.08. The molecule has 0 saturated heterocycles. The van der Waals surface area contributed by atoms with Crippen molar-refractivity contribution in [3.63, 3.8) is 0 Å². The number of hydrogen-bond acceptors (Lipinski definition) is 3. The molecule has 0 aliphatic rings. The highest BCUT2D eigenvalue weighted by molar-refractivity contribution is 5.09. The van der Waals surface area contributed by atoms with Crippen molar-refractivity contribution < 1.29 is 5.11 Å². The lowest BCUT2D eigenvalue weighted by Crippen LogP contribution is -2.28. The van der Waals surface area contributed by atoms with Gasteiger partial charge in [0.15, 0.2) is 0 Å². The smallest absolute Gasteiger partial charge is 0.0664 e. The molecule has 0 fully saturated rings. The first-order chi connectivity index (χ1) is 6.72. The maximum atomic E-state index is 9.45. The summed E-state index contributed by atoms with van der Waals surface area (Å²) in [6.45, 7) is 3.57. The van der Waals surface area contributed by atoms with E-state index in [0.29, 0.717) is 0 Å². The number of pyridine rings is 1. The van der Waals surface area contributed by atoms with Crippen LogP contribution >= 0.6 is 0 Å². The average molecular weight is 194 g/mol. The van der Waals surface area contributed by atoms with Gasteiger partial charge in [0.05, 0.1) is 6.10 Å². The quantitative estimate of drug-likeness (QED) is 0.767. The van der Waals surface area contributed by atoms with Gasteiger partial charge in [0.25, 0.3) is 0 Å². The van der Waals surface area contributed by atoms with Gasteiger partial charge >= 0.3 is 0 Å². The third-order valence-electron chi connectivity index (χ3n) is 2.20. The average Bonchev–Trinajstić information content (AvgIpc) is 2.19. The van der Waals surface area contributed by atoms with Crippen LogP contribution in [0.5, 0.6) is 0 Å². The SMILES string of the molecule is CCC(O)CN(C)Cc1ccncc1. The second-order valence-corrected chi connectivity index (χ2v) is 3.61. The topological polar surface area (TPSA) is 36.4 Å². The summed E-state index contributed by atoms with van der Waals surface area (Å²) in [6.07, 6.45) is 4.17. The first kappa shape index (κ1) is 11.1. The highest BCUT2D eigenvalue weighted by Crippen LogP contribution is 2.02. The molecule has 1 N–H and O–H groups in total. The van der Waals surface area contributed by atoms with E-state index in [1.165, 1.54) is 5.56 Å². The fourth-order valence-electron chi connectivity index (χ4n) is 1.35. The molecule has 0 aromatic carbocycles. The molecule has 1 atom stereocenters. The largest absolute Gasteiger partial charge is 0.392 e. The Bertz CT molecular complexity index is 251. The van der Waals surface area contributed by atoms with E-state index in [9.17, 15) is 5.11 Å². The van der Waals surface area contributed by atoms with Gasteiger partial charge in [-0.2, -0.15) is 0 Å². The van der Waals surface area contributed by atoms with Gasteiger partial charge in [-0.05, 0) is 31.2 Å². The summed E-state index contributed by atoms with van der Waals surface area (Å²) in [5.74, 6) is 0. The molecule has 0 bridgehead atoms. The molecule has 0 amide bonds. The first-order valence-corrected chi connectivity index (χ1v) is 4.98. The lowest BCUT2D eigenvalue weighted by atomic mass is 10.2. The molecule has 3 heteroatoms. The number of hydrogen-bond donors (Lipinski definition) is 1. The zero-order chi connectivity index (χ0) is 10.4. The Kier molecular flexibility index (Phi) is 4.56. The molecule has 0 spiro atoms. The van der Waals surface area contributed by atoms with Crippen molar-refractivity contribution in [1.82, 2.24) is 9.88 Å². The Hall–Kier alpha value is -0.930. The number of aliphatic hydroxyl groups excluding tert-OH is 1. The van der Waals surface area contributed by atoms with Gasteiger partial charge in [0.1, 0.15) is 0 Å². The Morgan fingerprint density at radius 1 is 1.43 bits per heavy atom. The van der Waals surface area contributed by atoms with E-state index < -0.39 is 0 Å². The maximum absolute atomic E-state index is 9.45. The molecule has 0 saturated carbocycles. The van der Waals surface area contributed by atoms with Crippen molar-refractivity contribution in [2.45, 2.75) is 26.0 Å². The van der Waals surface area contributed by atoms with E-state index in [0.717, 1.165) is 19.5 Å². The molecule has 0 aliphatic heterocycles. The maximum Gasteiger partial charge on any atom is 0.0664 e. The fourth-order valence-corrected chi connectivity index (χ4v) is 1.35. The van der Waals surface area contributed by atoms with Crippen LogP contribution in [0.25, 0.3) is 0 Å². The van der Waals surface area contributed by atoms with E-state index >= 15 is 0 Å². The van der Waals surface area contributed by atoms with Crippen LogP contribution in [0.15, 0.2) is 24.5 Å². The summed E-state index contributed by atoms with van der Waals surface area (Å²) < 4.78 is 0. The van der Waals surface area contributed by atoms with Gasteiger partial charge in [-0.15, -0.1) is 0 Å². The number of aliphatic hydroxyl groups is 1. The zero-order valence-electron chi connectivity index (χ0n) is 8.85. The van der Waals surface area contributed by atoms with Gasteiger partial charge in [0, 0.05) is 25.5 Å². The van der Waals surface area contributed by atoms with Crippen LogP contribution in [0.3, 0.4) is 0 Å². The van der Waals surface area contributed by atoms with Crippen molar-refractivity contribution in [1.29, 1.82) is 0 Å². The van der Waals surface area contributed by atoms with E-state index in [2.05, 4.69) is 9.88 Å². The Morgan fingerprint density at radius 3 is 2.64 bits per heavy atom. The molecular weight excluding hydrogens is 176 g/mol. The van der Waals surface area contributed by atoms with Gasteiger partial charge in [-0.1, -0.05) is 6.92 Å². The molecule has 1 unspecified atom stereocenters. The highest BCUT2D eigenvalue weighted by atomic mass is 16.3. The van der Waals surface area contributed by atoms with E-state index in [-0.39, 0.29) is 6.10 Å². The monoisotopic (exact) mass is 194 g/mol. The van der Waals surface area contributed by atoms with E-state index in [1.54, 1.807) is 12.4 Å². The first-order valence-electron chi connectivity index (χ1n) is 4.98. The fraction of sp³-hybridized carbons (Fsp3) is 0.545. The third kappa shape index (κ3) is 3.85. The van der Waals surface area contributed by atoms with Gasteiger partial charge in [-0.3, -0.25) is 9.88 Å². The Labute approximate surface area is 85.4 Å². The summed E-state index contributed by atoms with van der Waals surface area (Å²) in [7, 11) is 2.01. The van der Waals surface area contributed by atoms with Crippen molar-refractivity contribution in [2.75, 3.05) is 13.6 Å². The minimum absolute atomic E-state index is 0.221. The third-order valence-corrected chi connectivity index (χ3v) is 2.20. The van der Waals surface area contributed by atoms with Gasteiger partial charge in [-0.25, -0.2) is 0 Å². The molecule has 1 rings (SSSR count). The van der Waals surface area contributed by atoms with Crippen LogP contribution < -0.4 is 0 Å². The molecule has 14 heavy (non-hydrogen) atoms.